The van der Waals surface area contributed by atoms with E-state index in [0.717, 1.165) is 5.56 Å². The zero-order chi connectivity index (χ0) is 13.7. The fraction of sp³-hybridized carbons (Fsp3) is 0.308. The van der Waals surface area contributed by atoms with E-state index in [1.54, 1.807) is 13.2 Å². The number of hydrogen-bond donors (Lipinski definition) is 1. The van der Waals surface area contributed by atoms with Crippen LogP contribution in [0.5, 0.6) is 5.75 Å². The fourth-order valence-corrected chi connectivity index (χ4v) is 1.66. The summed E-state index contributed by atoms with van der Waals surface area (Å²) < 4.78 is 10.3. The van der Waals surface area contributed by atoms with Crippen molar-refractivity contribution in [3.05, 3.63) is 30.2 Å². The third-order valence-electron chi connectivity index (χ3n) is 2.55. The van der Waals surface area contributed by atoms with Crippen LogP contribution < -0.4 is 4.74 Å². The largest absolute Gasteiger partial charge is 0.496 e. The van der Waals surface area contributed by atoms with E-state index in [1.807, 2.05) is 24.3 Å². The molecule has 1 aromatic heterocycles. The average molecular weight is 259 g/mol. The van der Waals surface area contributed by atoms with E-state index in [9.17, 15) is 5.11 Å². The van der Waals surface area contributed by atoms with E-state index >= 15 is 0 Å². The lowest BCUT2D eigenvalue weighted by Crippen LogP contribution is -2.09. The van der Waals surface area contributed by atoms with Crippen molar-refractivity contribution in [2.75, 3.05) is 7.11 Å². The molecule has 1 aromatic carbocycles. The highest BCUT2D eigenvalue weighted by Gasteiger charge is 2.15. The number of ether oxygens (including phenoxy) is 1. The van der Waals surface area contributed by atoms with Crippen LogP contribution in [0, 0.1) is 11.3 Å². The molecular weight excluding hydrogens is 246 g/mol. The molecule has 6 heteroatoms. The zero-order valence-electron chi connectivity index (χ0n) is 10.4. The Morgan fingerprint density at radius 3 is 3.00 bits per heavy atom. The molecule has 6 nitrogen and oxygen atoms in total. The van der Waals surface area contributed by atoms with Crippen molar-refractivity contribution in [1.82, 2.24) is 10.1 Å². The minimum atomic E-state index is -0.795. The summed E-state index contributed by atoms with van der Waals surface area (Å²) in [7, 11) is 1.57. The summed E-state index contributed by atoms with van der Waals surface area (Å²) in [6.45, 7) is 0. The van der Waals surface area contributed by atoms with Crippen molar-refractivity contribution in [3.8, 4) is 23.2 Å². The molecule has 0 spiro atoms. The standard InChI is InChI=1S/C13H13N3O3/c1-18-11-5-3-2-4-10(11)13-15-12(19-16-13)8-9(17)6-7-14/h2-5,9,17H,6,8H2,1H3. The van der Waals surface area contributed by atoms with E-state index in [0.29, 0.717) is 17.5 Å². The summed E-state index contributed by atoms with van der Waals surface area (Å²) in [5.74, 6) is 1.34. The Kier molecular flexibility index (Phi) is 4.11. The number of para-hydroxylation sites is 1. The SMILES string of the molecule is COc1ccccc1-c1noc(CC(O)CC#N)n1. The third-order valence-corrected chi connectivity index (χ3v) is 2.55. The molecule has 2 aromatic rings. The Hall–Kier alpha value is -2.39. The first kappa shape index (κ1) is 13.1. The Morgan fingerprint density at radius 2 is 2.26 bits per heavy atom. The molecule has 0 aliphatic rings. The van der Waals surface area contributed by atoms with Crippen LogP contribution in [0.2, 0.25) is 0 Å². The van der Waals surface area contributed by atoms with Crippen LogP contribution in [0.25, 0.3) is 11.4 Å². The van der Waals surface area contributed by atoms with Gasteiger partial charge in [0.15, 0.2) is 0 Å². The second kappa shape index (κ2) is 5.98. The van der Waals surface area contributed by atoms with Crippen LogP contribution in [-0.4, -0.2) is 28.5 Å². The lowest BCUT2D eigenvalue weighted by atomic mass is 10.2. The first-order valence-corrected chi connectivity index (χ1v) is 5.75. The molecule has 98 valence electrons. The number of nitriles is 1. The lowest BCUT2D eigenvalue weighted by molar-refractivity contribution is 0.167. The van der Waals surface area contributed by atoms with Crippen LogP contribution in [0.3, 0.4) is 0 Å². The smallest absolute Gasteiger partial charge is 0.229 e. The van der Waals surface area contributed by atoms with Crippen LogP contribution in [-0.2, 0) is 6.42 Å². The molecule has 1 N–H and O–H groups in total. The summed E-state index contributed by atoms with van der Waals surface area (Å²) >= 11 is 0. The molecule has 0 aliphatic heterocycles. The van der Waals surface area contributed by atoms with Gasteiger partial charge in [0.1, 0.15) is 5.75 Å². The molecule has 0 aliphatic carbocycles. The summed E-state index contributed by atoms with van der Waals surface area (Å²) in [4.78, 5) is 4.18. The first-order valence-electron chi connectivity index (χ1n) is 5.75. The van der Waals surface area contributed by atoms with Gasteiger partial charge in [0, 0.05) is 0 Å². The van der Waals surface area contributed by atoms with Crippen molar-refractivity contribution < 1.29 is 14.4 Å². The Morgan fingerprint density at radius 1 is 1.47 bits per heavy atom. The van der Waals surface area contributed by atoms with Gasteiger partial charge in [0.05, 0.1) is 37.7 Å². The van der Waals surface area contributed by atoms with Crippen molar-refractivity contribution in [2.24, 2.45) is 0 Å². The van der Waals surface area contributed by atoms with Gasteiger partial charge >= 0.3 is 0 Å². The molecule has 0 saturated heterocycles. The number of aliphatic hydroxyl groups is 1. The van der Waals surface area contributed by atoms with Crippen molar-refractivity contribution in [3.63, 3.8) is 0 Å². The van der Waals surface area contributed by atoms with Gasteiger partial charge in [-0.1, -0.05) is 17.3 Å². The van der Waals surface area contributed by atoms with Gasteiger partial charge in [-0.25, -0.2) is 0 Å². The number of aromatic nitrogens is 2. The number of benzene rings is 1. The first-order chi connectivity index (χ1) is 9.24. The van der Waals surface area contributed by atoms with Gasteiger partial charge in [-0.15, -0.1) is 0 Å². The van der Waals surface area contributed by atoms with Crippen LogP contribution in [0.15, 0.2) is 28.8 Å². The zero-order valence-corrected chi connectivity index (χ0v) is 10.4. The van der Waals surface area contributed by atoms with Crippen molar-refractivity contribution in [2.45, 2.75) is 18.9 Å². The quantitative estimate of drug-likeness (QED) is 0.876. The highest BCUT2D eigenvalue weighted by molar-refractivity contribution is 5.63. The second-order valence-corrected chi connectivity index (χ2v) is 3.93. The van der Waals surface area contributed by atoms with E-state index < -0.39 is 6.10 Å². The van der Waals surface area contributed by atoms with E-state index in [4.69, 9.17) is 14.5 Å². The van der Waals surface area contributed by atoms with Gasteiger partial charge in [-0.3, -0.25) is 0 Å². The van der Waals surface area contributed by atoms with Crippen molar-refractivity contribution >= 4 is 0 Å². The molecule has 0 saturated carbocycles. The molecule has 0 fully saturated rings. The van der Waals surface area contributed by atoms with Crippen LogP contribution in [0.1, 0.15) is 12.3 Å². The van der Waals surface area contributed by atoms with E-state index in [2.05, 4.69) is 10.1 Å². The summed E-state index contributed by atoms with van der Waals surface area (Å²) in [5.41, 5.74) is 0.717. The molecule has 1 atom stereocenters. The van der Waals surface area contributed by atoms with E-state index in [1.165, 1.54) is 0 Å². The monoisotopic (exact) mass is 259 g/mol. The second-order valence-electron chi connectivity index (χ2n) is 3.93. The maximum absolute atomic E-state index is 9.51. The Bertz CT molecular complexity index is 589. The van der Waals surface area contributed by atoms with Crippen molar-refractivity contribution in [1.29, 1.82) is 5.26 Å². The molecule has 1 heterocycles. The summed E-state index contributed by atoms with van der Waals surface area (Å²) in [6.07, 6.45) is -0.599. The van der Waals surface area contributed by atoms with Crippen LogP contribution >= 0.6 is 0 Å². The number of aliphatic hydroxyl groups excluding tert-OH is 1. The maximum Gasteiger partial charge on any atom is 0.229 e. The van der Waals surface area contributed by atoms with Gasteiger partial charge in [-0.05, 0) is 12.1 Å². The summed E-state index contributed by atoms with van der Waals surface area (Å²) in [5, 5.41) is 21.8. The molecule has 0 bridgehead atoms. The third kappa shape index (κ3) is 3.09. The molecule has 19 heavy (non-hydrogen) atoms. The minimum absolute atomic E-state index is 0.0341. The number of methoxy groups -OCH3 is 1. The molecule has 0 radical (unpaired) electrons. The number of hydrogen-bond acceptors (Lipinski definition) is 6. The van der Waals surface area contributed by atoms with Gasteiger partial charge in [-0.2, -0.15) is 10.2 Å². The average Bonchev–Trinajstić information content (AvgIpc) is 2.87. The van der Waals surface area contributed by atoms with E-state index in [-0.39, 0.29) is 12.8 Å². The molecule has 0 amide bonds. The van der Waals surface area contributed by atoms with Gasteiger partial charge in [0.2, 0.25) is 11.7 Å². The highest BCUT2D eigenvalue weighted by atomic mass is 16.5. The fourth-order valence-electron chi connectivity index (χ4n) is 1.66. The topological polar surface area (TPSA) is 92.2 Å². The Balaban J connectivity index is 2.19. The number of nitrogens with zero attached hydrogens (tertiary/aromatic N) is 3. The van der Waals surface area contributed by atoms with Crippen LogP contribution in [0.4, 0.5) is 0 Å². The molecule has 1 unspecified atom stereocenters. The highest BCUT2D eigenvalue weighted by Crippen LogP contribution is 2.27. The maximum atomic E-state index is 9.51. The predicted octanol–water partition coefficient (Wildman–Crippen LogP) is 1.56. The molecule has 2 rings (SSSR count). The molecular formula is C13H13N3O3. The number of rotatable bonds is 5. The summed E-state index contributed by atoms with van der Waals surface area (Å²) in [6, 6.07) is 9.20. The van der Waals surface area contributed by atoms with Gasteiger partial charge < -0.3 is 14.4 Å². The lowest BCUT2D eigenvalue weighted by Gasteiger charge is -2.03. The normalized spacial score (nSPS) is 11.8. The van der Waals surface area contributed by atoms with Gasteiger partial charge in [0.25, 0.3) is 0 Å². The minimum Gasteiger partial charge on any atom is -0.496 e. The predicted molar refractivity (Wildman–Crippen MR) is 66.2 cm³/mol. The Labute approximate surface area is 110 Å².